The molecular formula is C26H26F3N3O3. The van der Waals surface area contributed by atoms with E-state index in [2.05, 4.69) is 5.10 Å². The van der Waals surface area contributed by atoms with Crippen molar-refractivity contribution in [3.05, 3.63) is 72.1 Å². The van der Waals surface area contributed by atoms with Crippen molar-refractivity contribution in [2.45, 2.75) is 39.1 Å². The summed E-state index contributed by atoms with van der Waals surface area (Å²) in [6.45, 7) is 3.67. The Balaban J connectivity index is 1.36. The second-order valence-corrected chi connectivity index (χ2v) is 8.32. The molecule has 0 saturated carbocycles. The van der Waals surface area contributed by atoms with Crippen LogP contribution < -0.4 is 4.74 Å². The van der Waals surface area contributed by atoms with E-state index in [0.717, 1.165) is 35.2 Å². The van der Waals surface area contributed by atoms with Crippen LogP contribution in [-0.2, 0) is 29.2 Å². The number of aryl methyl sites for hydroxylation is 2. The van der Waals surface area contributed by atoms with Gasteiger partial charge in [-0.15, -0.1) is 0 Å². The number of hydrogen-bond donors (Lipinski definition) is 0. The van der Waals surface area contributed by atoms with E-state index in [1.807, 2.05) is 48.1 Å². The zero-order valence-corrected chi connectivity index (χ0v) is 19.7. The molecule has 0 bridgehead atoms. The molecule has 2 aromatic carbocycles. The number of alkyl halides is 3. The van der Waals surface area contributed by atoms with Gasteiger partial charge < -0.3 is 14.0 Å². The van der Waals surface area contributed by atoms with E-state index >= 15 is 0 Å². The van der Waals surface area contributed by atoms with E-state index in [-0.39, 0.29) is 5.97 Å². The molecule has 0 aliphatic carbocycles. The molecule has 1 unspecified atom stereocenters. The second-order valence-electron chi connectivity index (χ2n) is 8.32. The molecule has 0 aliphatic heterocycles. The topological polar surface area (TPSA) is 58.3 Å². The Morgan fingerprint density at radius 2 is 1.83 bits per heavy atom. The van der Waals surface area contributed by atoms with Gasteiger partial charge in [-0.3, -0.25) is 9.48 Å². The molecule has 0 radical (unpaired) electrons. The maximum Gasteiger partial charge on any atom is 0.416 e. The fraction of sp³-hybridized carbons (Fsp3) is 0.308. The predicted molar refractivity (Wildman–Crippen MR) is 126 cm³/mol. The van der Waals surface area contributed by atoms with E-state index in [0.29, 0.717) is 30.0 Å². The highest BCUT2D eigenvalue weighted by Gasteiger charge is 2.30. The van der Waals surface area contributed by atoms with Crippen LogP contribution in [0.25, 0.3) is 22.2 Å². The number of carbonyl (C=O) groups excluding carboxylic acids is 1. The first-order valence-corrected chi connectivity index (χ1v) is 11.2. The smallest absolute Gasteiger partial charge is 0.416 e. The third-order valence-electron chi connectivity index (χ3n) is 5.75. The zero-order valence-electron chi connectivity index (χ0n) is 19.7. The summed E-state index contributed by atoms with van der Waals surface area (Å²) in [6, 6.07) is 14.6. The maximum absolute atomic E-state index is 12.8. The van der Waals surface area contributed by atoms with E-state index in [1.165, 1.54) is 19.1 Å². The number of nitrogens with zero attached hydrogens (tertiary/aromatic N) is 3. The Kier molecular flexibility index (Phi) is 6.86. The van der Waals surface area contributed by atoms with Crippen LogP contribution >= 0.6 is 0 Å². The summed E-state index contributed by atoms with van der Waals surface area (Å²) in [5.41, 5.74) is 2.45. The summed E-state index contributed by atoms with van der Waals surface area (Å²) >= 11 is 0. The normalized spacial score (nSPS) is 12.6. The Bertz CT molecular complexity index is 1320. The summed E-state index contributed by atoms with van der Waals surface area (Å²) < 4.78 is 53.2. The molecule has 35 heavy (non-hydrogen) atoms. The van der Waals surface area contributed by atoms with Crippen LogP contribution in [0.4, 0.5) is 13.2 Å². The molecule has 2 heterocycles. The van der Waals surface area contributed by atoms with Crippen molar-refractivity contribution in [2.75, 3.05) is 6.61 Å². The van der Waals surface area contributed by atoms with Crippen LogP contribution in [0.1, 0.15) is 37.8 Å². The molecule has 0 amide bonds. The Hall–Kier alpha value is -3.75. The van der Waals surface area contributed by atoms with Gasteiger partial charge in [-0.05, 0) is 61.5 Å². The molecule has 2 aromatic heterocycles. The zero-order chi connectivity index (χ0) is 25.2. The molecular weight excluding hydrogens is 459 g/mol. The van der Waals surface area contributed by atoms with Crippen LogP contribution in [-0.4, -0.2) is 26.9 Å². The number of hydrogen-bond acceptors (Lipinski definition) is 4. The van der Waals surface area contributed by atoms with Gasteiger partial charge in [0.25, 0.3) is 0 Å². The molecule has 0 aliphatic rings. The molecule has 0 N–H and O–H groups in total. The summed E-state index contributed by atoms with van der Waals surface area (Å²) in [5.74, 6) is 0.367. The summed E-state index contributed by atoms with van der Waals surface area (Å²) in [5, 5.41) is 5.46. The number of benzene rings is 2. The summed E-state index contributed by atoms with van der Waals surface area (Å²) in [7, 11) is 1.82. The van der Waals surface area contributed by atoms with E-state index in [1.54, 1.807) is 11.6 Å². The van der Waals surface area contributed by atoms with Crippen molar-refractivity contribution in [2.24, 2.45) is 7.05 Å². The number of halogens is 3. The van der Waals surface area contributed by atoms with Crippen molar-refractivity contribution in [3.63, 3.8) is 0 Å². The van der Waals surface area contributed by atoms with Gasteiger partial charge >= 0.3 is 12.1 Å². The number of rotatable bonds is 8. The lowest BCUT2D eigenvalue weighted by Crippen LogP contribution is -2.11. The van der Waals surface area contributed by atoms with E-state index in [4.69, 9.17) is 9.47 Å². The SMILES string of the molecule is CC(=O)OC(C)n1ccc2ccc(OCCCc3cc(-c4ccc(C(F)(F)F)cc4)nn3C)cc21. The Morgan fingerprint density at radius 1 is 1.09 bits per heavy atom. The highest BCUT2D eigenvalue weighted by molar-refractivity contribution is 5.81. The third kappa shape index (κ3) is 5.67. The first kappa shape index (κ1) is 24.4. The maximum atomic E-state index is 12.8. The largest absolute Gasteiger partial charge is 0.494 e. The van der Waals surface area contributed by atoms with Crippen molar-refractivity contribution in [1.29, 1.82) is 0 Å². The number of ether oxygens (including phenoxy) is 2. The highest BCUT2D eigenvalue weighted by atomic mass is 19.4. The molecule has 0 fully saturated rings. The molecule has 9 heteroatoms. The lowest BCUT2D eigenvalue weighted by molar-refractivity contribution is -0.149. The Labute approximate surface area is 200 Å². The van der Waals surface area contributed by atoms with Crippen LogP contribution in [0.15, 0.2) is 60.8 Å². The van der Waals surface area contributed by atoms with E-state index < -0.39 is 18.0 Å². The Morgan fingerprint density at radius 3 is 2.51 bits per heavy atom. The molecule has 1 atom stereocenters. The quantitative estimate of drug-likeness (QED) is 0.222. The number of carbonyl (C=O) groups is 1. The van der Waals surface area contributed by atoms with Gasteiger partial charge in [-0.1, -0.05) is 12.1 Å². The van der Waals surface area contributed by atoms with Crippen LogP contribution in [0.5, 0.6) is 5.75 Å². The van der Waals surface area contributed by atoms with Crippen molar-refractivity contribution < 1.29 is 27.4 Å². The van der Waals surface area contributed by atoms with Gasteiger partial charge in [-0.25, -0.2) is 0 Å². The average molecular weight is 486 g/mol. The predicted octanol–water partition coefficient (Wildman–Crippen LogP) is 6.15. The molecule has 4 rings (SSSR count). The first-order chi connectivity index (χ1) is 16.6. The lowest BCUT2D eigenvalue weighted by atomic mass is 10.1. The first-order valence-electron chi connectivity index (χ1n) is 11.2. The number of fused-ring (bicyclic) bond motifs is 1. The fourth-order valence-electron chi connectivity index (χ4n) is 3.99. The molecule has 0 saturated heterocycles. The minimum Gasteiger partial charge on any atom is -0.494 e. The average Bonchev–Trinajstić information content (AvgIpc) is 3.39. The molecule has 0 spiro atoms. The van der Waals surface area contributed by atoms with Gasteiger partial charge in [0.05, 0.1) is 23.4 Å². The standard InChI is InChI=1S/C26H26F3N3O3/c1-17(35-18(2)33)32-13-12-20-8-11-23(16-25(20)32)34-14-4-5-22-15-24(30-31(22)3)19-6-9-21(10-7-19)26(27,28)29/h6-13,15-17H,4-5,14H2,1-3H3. The second kappa shape index (κ2) is 9.85. The van der Waals surface area contributed by atoms with Crippen LogP contribution in [0, 0.1) is 0 Å². The fourth-order valence-corrected chi connectivity index (χ4v) is 3.99. The van der Waals surface area contributed by atoms with E-state index in [9.17, 15) is 18.0 Å². The minimum atomic E-state index is -4.36. The van der Waals surface area contributed by atoms with Crippen molar-refractivity contribution in [1.82, 2.24) is 14.3 Å². The molecule has 6 nitrogen and oxygen atoms in total. The highest BCUT2D eigenvalue weighted by Crippen LogP contribution is 2.31. The summed E-state index contributed by atoms with van der Waals surface area (Å²) in [6.07, 6.45) is -1.48. The van der Waals surface area contributed by atoms with Gasteiger partial charge in [0.1, 0.15) is 5.75 Å². The minimum absolute atomic E-state index is 0.344. The molecule has 4 aromatic rings. The van der Waals surface area contributed by atoms with Gasteiger partial charge in [0.15, 0.2) is 6.23 Å². The monoisotopic (exact) mass is 485 g/mol. The van der Waals surface area contributed by atoms with Gasteiger partial charge in [0.2, 0.25) is 0 Å². The number of aromatic nitrogens is 3. The molecule has 184 valence electrons. The van der Waals surface area contributed by atoms with Gasteiger partial charge in [0, 0.05) is 37.5 Å². The number of esters is 1. The van der Waals surface area contributed by atoms with Crippen LogP contribution in [0.2, 0.25) is 0 Å². The van der Waals surface area contributed by atoms with Gasteiger partial charge in [-0.2, -0.15) is 18.3 Å². The third-order valence-corrected chi connectivity index (χ3v) is 5.75. The lowest BCUT2D eigenvalue weighted by Gasteiger charge is -2.15. The summed E-state index contributed by atoms with van der Waals surface area (Å²) in [4.78, 5) is 11.3. The van der Waals surface area contributed by atoms with Crippen LogP contribution in [0.3, 0.4) is 0 Å². The van der Waals surface area contributed by atoms with Crippen molar-refractivity contribution in [3.8, 4) is 17.0 Å². The van der Waals surface area contributed by atoms with Crippen molar-refractivity contribution >= 4 is 16.9 Å².